The number of hydrogen-bond donors (Lipinski definition) is 1. The number of nitrogens with zero attached hydrogens (tertiary/aromatic N) is 3. The van der Waals surface area contributed by atoms with E-state index in [1.54, 1.807) is 11.8 Å². The summed E-state index contributed by atoms with van der Waals surface area (Å²) >= 11 is 3.18. The fourth-order valence-electron chi connectivity index (χ4n) is 3.00. The number of aromatic nitrogens is 3. The topological polar surface area (TPSA) is 59.8 Å². The van der Waals surface area contributed by atoms with Gasteiger partial charge in [-0.1, -0.05) is 54.6 Å². The average molecular weight is 453 g/mol. The van der Waals surface area contributed by atoms with Crippen molar-refractivity contribution in [2.24, 2.45) is 0 Å². The molecule has 1 heterocycles. The first-order valence-corrected chi connectivity index (χ1v) is 12.1. The number of aryl methyl sites for hydroxylation is 2. The predicted molar refractivity (Wildman–Crippen MR) is 131 cm³/mol. The molecule has 0 radical (unpaired) electrons. The van der Waals surface area contributed by atoms with Crippen LogP contribution in [-0.4, -0.2) is 25.9 Å². The molecule has 0 aliphatic carbocycles. The molecule has 1 aromatic heterocycles. The van der Waals surface area contributed by atoms with Gasteiger partial charge in [-0.25, -0.2) is 0 Å². The Morgan fingerprint density at radius 2 is 1.94 bits per heavy atom. The second-order valence-corrected chi connectivity index (χ2v) is 9.49. The van der Waals surface area contributed by atoms with Crippen LogP contribution in [0.2, 0.25) is 0 Å². The van der Waals surface area contributed by atoms with E-state index in [1.165, 1.54) is 22.2 Å². The number of allylic oxidation sites excluding steroid dienone is 1. The molecule has 1 atom stereocenters. The number of anilines is 1. The molecule has 2 aromatic carbocycles. The molecule has 0 saturated carbocycles. The average Bonchev–Trinajstić information content (AvgIpc) is 3.13. The fourth-order valence-corrected chi connectivity index (χ4v) is 4.82. The molecule has 162 valence electrons. The molecule has 7 heteroatoms. The van der Waals surface area contributed by atoms with Crippen molar-refractivity contribution < 1.29 is 4.79 Å². The molecule has 0 fully saturated rings. The van der Waals surface area contributed by atoms with Crippen LogP contribution >= 0.6 is 23.5 Å². The number of benzene rings is 2. The van der Waals surface area contributed by atoms with E-state index in [-0.39, 0.29) is 11.2 Å². The van der Waals surface area contributed by atoms with Gasteiger partial charge in [0.25, 0.3) is 0 Å². The lowest BCUT2D eigenvalue weighted by molar-refractivity contribution is -0.115. The summed E-state index contributed by atoms with van der Waals surface area (Å²) < 4.78 is 2.04. The molecule has 3 rings (SSSR count). The molecular formula is C24H28N4OS2. The van der Waals surface area contributed by atoms with Crippen molar-refractivity contribution in [2.45, 2.75) is 54.8 Å². The number of rotatable bonds is 10. The molecule has 0 spiro atoms. The second kappa shape index (κ2) is 11.2. The van der Waals surface area contributed by atoms with Crippen LogP contribution in [0.15, 0.2) is 71.2 Å². The molecule has 0 aliphatic heterocycles. The normalized spacial score (nSPS) is 11.8. The lowest BCUT2D eigenvalue weighted by Gasteiger charge is -2.15. The van der Waals surface area contributed by atoms with Crippen LogP contribution in [0.5, 0.6) is 0 Å². The zero-order valence-corrected chi connectivity index (χ0v) is 19.8. The Labute approximate surface area is 192 Å². The van der Waals surface area contributed by atoms with E-state index in [4.69, 9.17) is 0 Å². The highest BCUT2D eigenvalue weighted by atomic mass is 32.2. The maximum atomic E-state index is 12.9. The predicted octanol–water partition coefficient (Wildman–Crippen LogP) is 5.88. The zero-order chi connectivity index (χ0) is 22.2. The number of amides is 1. The van der Waals surface area contributed by atoms with Crippen LogP contribution in [-0.2, 0) is 17.1 Å². The van der Waals surface area contributed by atoms with E-state index in [9.17, 15) is 4.79 Å². The van der Waals surface area contributed by atoms with Gasteiger partial charge in [-0.3, -0.25) is 4.79 Å². The third-order valence-electron chi connectivity index (χ3n) is 4.69. The summed E-state index contributed by atoms with van der Waals surface area (Å²) in [5.41, 5.74) is 3.17. The fraction of sp³-hybridized carbons (Fsp3) is 0.292. The van der Waals surface area contributed by atoms with Crippen molar-refractivity contribution in [2.75, 3.05) is 5.32 Å². The Balaban J connectivity index is 1.70. The van der Waals surface area contributed by atoms with Crippen LogP contribution in [0.4, 0.5) is 5.69 Å². The Morgan fingerprint density at radius 1 is 1.16 bits per heavy atom. The minimum absolute atomic E-state index is 0.0261. The Kier molecular flexibility index (Phi) is 8.37. The molecule has 31 heavy (non-hydrogen) atoms. The maximum Gasteiger partial charge on any atom is 0.237 e. The minimum atomic E-state index is -0.258. The van der Waals surface area contributed by atoms with Crippen molar-refractivity contribution in [3.8, 4) is 0 Å². The minimum Gasteiger partial charge on any atom is -0.325 e. The van der Waals surface area contributed by atoms with E-state index in [1.807, 2.05) is 48.8 Å². The largest absolute Gasteiger partial charge is 0.325 e. The summed E-state index contributed by atoms with van der Waals surface area (Å²) in [6.07, 6.45) is 2.53. The quantitative estimate of drug-likeness (QED) is 0.307. The van der Waals surface area contributed by atoms with Gasteiger partial charge in [0.05, 0.1) is 11.0 Å². The van der Waals surface area contributed by atoms with Gasteiger partial charge in [0.1, 0.15) is 5.82 Å². The van der Waals surface area contributed by atoms with Gasteiger partial charge in [0.2, 0.25) is 5.91 Å². The maximum absolute atomic E-state index is 12.9. The summed E-state index contributed by atoms with van der Waals surface area (Å²) in [5.74, 6) is 1.56. The van der Waals surface area contributed by atoms with E-state index in [0.717, 1.165) is 22.2 Å². The van der Waals surface area contributed by atoms with Crippen molar-refractivity contribution in [1.82, 2.24) is 14.8 Å². The van der Waals surface area contributed by atoms with Gasteiger partial charge < -0.3 is 9.88 Å². The summed E-state index contributed by atoms with van der Waals surface area (Å²) in [6.45, 7) is 10.6. The van der Waals surface area contributed by atoms with Crippen molar-refractivity contribution in [1.29, 1.82) is 0 Å². The first kappa shape index (κ1) is 23.2. The van der Waals surface area contributed by atoms with Crippen molar-refractivity contribution in [3.05, 3.63) is 78.1 Å². The van der Waals surface area contributed by atoms with Gasteiger partial charge in [0, 0.05) is 17.1 Å². The van der Waals surface area contributed by atoms with Crippen LogP contribution in [0.3, 0.4) is 0 Å². The first-order valence-electron chi connectivity index (χ1n) is 10.3. The Hall–Kier alpha value is -2.51. The van der Waals surface area contributed by atoms with Crippen LogP contribution in [0.25, 0.3) is 0 Å². The SMILES string of the molecule is C=CCn1c(CSc2ccc(C)cc2)nnc1SC(CC)C(=O)Nc1cccc(C)c1. The summed E-state index contributed by atoms with van der Waals surface area (Å²) in [7, 11) is 0. The van der Waals surface area contributed by atoms with Crippen LogP contribution in [0.1, 0.15) is 30.3 Å². The molecule has 0 bridgehead atoms. The Morgan fingerprint density at radius 3 is 2.61 bits per heavy atom. The van der Waals surface area contributed by atoms with Crippen LogP contribution < -0.4 is 5.32 Å². The molecular weight excluding hydrogens is 424 g/mol. The van der Waals surface area contributed by atoms with Gasteiger partial charge in [-0.15, -0.1) is 28.5 Å². The number of thioether (sulfide) groups is 2. The molecule has 3 aromatic rings. The standard InChI is InChI=1S/C24H28N4OS2/c1-5-14-28-22(16-30-20-12-10-17(3)11-13-20)26-27-24(28)31-21(6-2)23(29)25-19-9-7-8-18(4)15-19/h5,7-13,15,21H,1,6,14,16H2,2-4H3,(H,25,29). The van der Waals surface area contributed by atoms with Crippen molar-refractivity contribution >= 4 is 35.1 Å². The molecule has 5 nitrogen and oxygen atoms in total. The third-order valence-corrected chi connectivity index (χ3v) is 7.04. The van der Waals surface area contributed by atoms with Crippen LogP contribution in [0, 0.1) is 13.8 Å². The van der Waals surface area contributed by atoms with E-state index in [0.29, 0.717) is 18.7 Å². The Bertz CT molecular complexity index is 1030. The summed E-state index contributed by atoms with van der Waals surface area (Å²) in [4.78, 5) is 14.1. The molecule has 1 N–H and O–H groups in total. The molecule has 1 amide bonds. The first-order chi connectivity index (χ1) is 15.0. The summed E-state index contributed by atoms with van der Waals surface area (Å²) in [6, 6.07) is 16.3. The summed E-state index contributed by atoms with van der Waals surface area (Å²) in [5, 5.41) is 12.3. The highest BCUT2D eigenvalue weighted by Gasteiger charge is 2.22. The second-order valence-electron chi connectivity index (χ2n) is 7.27. The number of carbonyl (C=O) groups is 1. The van der Waals surface area contributed by atoms with E-state index < -0.39 is 0 Å². The van der Waals surface area contributed by atoms with E-state index >= 15 is 0 Å². The van der Waals surface area contributed by atoms with Crippen molar-refractivity contribution in [3.63, 3.8) is 0 Å². The van der Waals surface area contributed by atoms with Gasteiger partial charge in [-0.2, -0.15) is 0 Å². The highest BCUT2D eigenvalue weighted by Crippen LogP contribution is 2.28. The van der Waals surface area contributed by atoms with Gasteiger partial charge >= 0.3 is 0 Å². The van der Waals surface area contributed by atoms with E-state index in [2.05, 4.69) is 53.3 Å². The van der Waals surface area contributed by atoms with Gasteiger partial charge in [-0.05, 0) is 50.1 Å². The lowest BCUT2D eigenvalue weighted by atomic mass is 10.2. The lowest BCUT2D eigenvalue weighted by Crippen LogP contribution is -2.25. The highest BCUT2D eigenvalue weighted by molar-refractivity contribution is 8.00. The smallest absolute Gasteiger partial charge is 0.237 e. The van der Waals surface area contributed by atoms with Gasteiger partial charge in [0.15, 0.2) is 5.16 Å². The molecule has 0 aliphatic rings. The number of hydrogen-bond acceptors (Lipinski definition) is 5. The molecule has 0 saturated heterocycles. The number of carbonyl (C=O) groups excluding carboxylic acids is 1. The number of nitrogens with one attached hydrogen (secondary N) is 1. The monoisotopic (exact) mass is 452 g/mol. The third kappa shape index (κ3) is 6.48. The molecule has 1 unspecified atom stereocenters. The zero-order valence-electron chi connectivity index (χ0n) is 18.2.